The van der Waals surface area contributed by atoms with E-state index < -0.39 is 8.07 Å². The SMILES string of the molecule is C[Si](C)(c1ccccc1)c1cc2cccnc2n1Cc1ccccc1.c1ccc(Cn2ccc3cccnc32)cc1. The summed E-state index contributed by atoms with van der Waals surface area (Å²) in [6, 6.07) is 44.7. The van der Waals surface area contributed by atoms with Crippen molar-refractivity contribution in [2.45, 2.75) is 26.2 Å². The molecule has 202 valence electrons. The van der Waals surface area contributed by atoms with Gasteiger partial charge in [-0.2, -0.15) is 0 Å². The molecule has 0 spiro atoms. The van der Waals surface area contributed by atoms with Gasteiger partial charge in [-0.25, -0.2) is 9.97 Å². The standard InChI is InChI=1S/C22H22N2Si.C14H12N2/c1-25(2,20-13-7-4-8-14-20)21-16-19-12-9-15-23-22(19)24(21)17-18-10-5-3-6-11-18;1-2-5-12(6-3-1)11-16-10-8-13-7-4-9-15-14(13)16/h3-16H,17H2,1-2H3;1-10H,11H2. The second-order valence-corrected chi connectivity index (χ2v) is 15.2. The van der Waals surface area contributed by atoms with Gasteiger partial charge < -0.3 is 9.13 Å². The highest BCUT2D eigenvalue weighted by atomic mass is 28.3. The van der Waals surface area contributed by atoms with Gasteiger partial charge in [0.05, 0.1) is 0 Å². The lowest BCUT2D eigenvalue weighted by atomic mass is 10.2. The minimum Gasteiger partial charge on any atom is -0.329 e. The topological polar surface area (TPSA) is 35.6 Å². The average Bonchev–Trinajstić information content (AvgIpc) is 3.61. The summed E-state index contributed by atoms with van der Waals surface area (Å²) in [5, 5.41) is 5.30. The molecule has 5 heteroatoms. The van der Waals surface area contributed by atoms with Crippen molar-refractivity contribution in [1.29, 1.82) is 0 Å². The Morgan fingerprint density at radius 2 is 1.12 bits per heavy atom. The second kappa shape index (κ2) is 11.8. The summed E-state index contributed by atoms with van der Waals surface area (Å²) in [6.45, 7) is 6.59. The van der Waals surface area contributed by atoms with Crippen LogP contribution in [0.15, 0.2) is 146 Å². The van der Waals surface area contributed by atoms with Gasteiger partial charge in [0.2, 0.25) is 0 Å². The Morgan fingerprint density at radius 1 is 0.561 bits per heavy atom. The molecule has 7 rings (SSSR count). The summed E-state index contributed by atoms with van der Waals surface area (Å²) in [6.07, 6.45) is 5.82. The van der Waals surface area contributed by atoms with Crippen LogP contribution in [0.25, 0.3) is 22.1 Å². The third kappa shape index (κ3) is 5.76. The molecule has 0 bridgehead atoms. The van der Waals surface area contributed by atoms with Crippen molar-refractivity contribution in [3.63, 3.8) is 0 Å². The van der Waals surface area contributed by atoms with E-state index in [9.17, 15) is 0 Å². The zero-order valence-electron chi connectivity index (χ0n) is 23.6. The lowest BCUT2D eigenvalue weighted by Gasteiger charge is -2.25. The molecular formula is C36H34N4Si. The van der Waals surface area contributed by atoms with Gasteiger partial charge in [0.25, 0.3) is 0 Å². The molecule has 0 radical (unpaired) electrons. The number of hydrogen-bond donors (Lipinski definition) is 0. The van der Waals surface area contributed by atoms with Crippen LogP contribution in [0.2, 0.25) is 13.1 Å². The molecule has 41 heavy (non-hydrogen) atoms. The Hall–Kier alpha value is -4.74. The molecule has 4 aromatic heterocycles. The summed E-state index contributed by atoms with van der Waals surface area (Å²) in [4.78, 5) is 9.09. The van der Waals surface area contributed by atoms with Gasteiger partial charge in [-0.15, -0.1) is 0 Å². The first-order valence-electron chi connectivity index (χ1n) is 14.1. The molecule has 4 heterocycles. The monoisotopic (exact) mass is 550 g/mol. The quantitative estimate of drug-likeness (QED) is 0.209. The fourth-order valence-corrected chi connectivity index (χ4v) is 8.16. The van der Waals surface area contributed by atoms with Gasteiger partial charge in [-0.3, -0.25) is 0 Å². The number of pyridine rings is 2. The molecule has 0 N–H and O–H groups in total. The van der Waals surface area contributed by atoms with Crippen LogP contribution >= 0.6 is 0 Å². The summed E-state index contributed by atoms with van der Waals surface area (Å²) >= 11 is 0. The molecule has 0 atom stereocenters. The van der Waals surface area contributed by atoms with Gasteiger partial charge >= 0.3 is 0 Å². The molecule has 3 aromatic carbocycles. The lowest BCUT2D eigenvalue weighted by Crippen LogP contribution is -2.55. The molecule has 0 saturated heterocycles. The van der Waals surface area contributed by atoms with Crippen molar-refractivity contribution in [3.05, 3.63) is 157 Å². The smallest absolute Gasteiger partial charge is 0.140 e. The van der Waals surface area contributed by atoms with Gasteiger partial charge in [0.1, 0.15) is 19.4 Å². The molecule has 0 amide bonds. The fraction of sp³-hybridized carbons (Fsp3) is 0.111. The maximum Gasteiger partial charge on any atom is 0.140 e. The first kappa shape index (κ1) is 26.5. The van der Waals surface area contributed by atoms with E-state index in [1.807, 2.05) is 30.6 Å². The van der Waals surface area contributed by atoms with E-state index in [2.05, 4.69) is 143 Å². The van der Waals surface area contributed by atoms with Crippen molar-refractivity contribution < 1.29 is 0 Å². The molecule has 4 nitrogen and oxygen atoms in total. The molecule has 7 aromatic rings. The highest BCUT2D eigenvalue weighted by Crippen LogP contribution is 2.18. The molecule has 0 fully saturated rings. The third-order valence-electron chi connectivity index (χ3n) is 7.69. The third-order valence-corrected chi connectivity index (χ3v) is 11.2. The van der Waals surface area contributed by atoms with Crippen LogP contribution in [0.3, 0.4) is 0 Å². The van der Waals surface area contributed by atoms with Crippen LogP contribution in [-0.4, -0.2) is 27.2 Å². The first-order chi connectivity index (χ1) is 20.1. The van der Waals surface area contributed by atoms with E-state index in [4.69, 9.17) is 4.98 Å². The Labute approximate surface area is 242 Å². The molecule has 0 aliphatic carbocycles. The van der Waals surface area contributed by atoms with Gasteiger partial charge in [0.15, 0.2) is 0 Å². The normalized spacial score (nSPS) is 11.4. The summed E-state index contributed by atoms with van der Waals surface area (Å²) in [5.74, 6) is 0. The highest BCUT2D eigenvalue weighted by molar-refractivity contribution is 7.00. The summed E-state index contributed by atoms with van der Waals surface area (Å²) in [5.41, 5.74) is 4.74. The summed E-state index contributed by atoms with van der Waals surface area (Å²) < 4.78 is 4.59. The average molecular weight is 551 g/mol. The van der Waals surface area contributed by atoms with Crippen LogP contribution in [0.1, 0.15) is 11.1 Å². The van der Waals surface area contributed by atoms with Crippen LogP contribution in [0, 0.1) is 0 Å². The van der Waals surface area contributed by atoms with E-state index in [0.29, 0.717) is 0 Å². The maximum absolute atomic E-state index is 4.69. The molecule has 0 aliphatic rings. The number of rotatable bonds is 6. The molecular weight excluding hydrogens is 517 g/mol. The second-order valence-electron chi connectivity index (χ2n) is 10.9. The number of benzene rings is 3. The van der Waals surface area contributed by atoms with E-state index in [1.165, 1.54) is 32.4 Å². The Kier molecular flexibility index (Phi) is 7.61. The Balaban J connectivity index is 0.000000162. The van der Waals surface area contributed by atoms with Crippen molar-refractivity contribution in [2.24, 2.45) is 0 Å². The predicted octanol–water partition coefficient (Wildman–Crippen LogP) is 6.99. The number of fused-ring (bicyclic) bond motifs is 2. The zero-order valence-corrected chi connectivity index (χ0v) is 24.6. The molecule has 0 unspecified atom stereocenters. The summed E-state index contributed by atoms with van der Waals surface area (Å²) in [7, 11) is -1.81. The first-order valence-corrected chi connectivity index (χ1v) is 17.1. The van der Waals surface area contributed by atoms with Gasteiger partial charge in [-0.1, -0.05) is 109 Å². The number of hydrogen-bond acceptors (Lipinski definition) is 2. The maximum atomic E-state index is 4.69. The lowest BCUT2D eigenvalue weighted by molar-refractivity contribution is 0.825. The van der Waals surface area contributed by atoms with Crippen LogP contribution in [0.4, 0.5) is 0 Å². The van der Waals surface area contributed by atoms with Crippen molar-refractivity contribution >= 4 is 40.6 Å². The van der Waals surface area contributed by atoms with E-state index in [1.54, 1.807) is 0 Å². The van der Waals surface area contributed by atoms with E-state index >= 15 is 0 Å². The predicted molar refractivity (Wildman–Crippen MR) is 174 cm³/mol. The van der Waals surface area contributed by atoms with Crippen molar-refractivity contribution in [3.8, 4) is 0 Å². The van der Waals surface area contributed by atoms with E-state index in [0.717, 1.165) is 24.4 Å². The van der Waals surface area contributed by atoms with Gasteiger partial charge in [0, 0.05) is 47.8 Å². The number of nitrogens with zero attached hydrogens (tertiary/aromatic N) is 4. The van der Waals surface area contributed by atoms with Crippen LogP contribution < -0.4 is 10.5 Å². The molecule has 0 aliphatic heterocycles. The van der Waals surface area contributed by atoms with E-state index in [-0.39, 0.29) is 0 Å². The number of aromatic nitrogens is 4. The Bertz CT molecular complexity index is 1860. The molecule has 0 saturated carbocycles. The van der Waals surface area contributed by atoms with Crippen molar-refractivity contribution in [1.82, 2.24) is 19.1 Å². The van der Waals surface area contributed by atoms with Gasteiger partial charge in [-0.05, 0) is 47.5 Å². The minimum absolute atomic E-state index is 0.861. The highest BCUT2D eigenvalue weighted by Gasteiger charge is 2.30. The fourth-order valence-electron chi connectivity index (χ4n) is 5.46. The van der Waals surface area contributed by atoms with Crippen LogP contribution in [-0.2, 0) is 13.1 Å². The van der Waals surface area contributed by atoms with Crippen molar-refractivity contribution in [2.75, 3.05) is 0 Å². The zero-order chi connectivity index (χ0) is 28.1. The minimum atomic E-state index is -1.81. The Morgan fingerprint density at radius 3 is 1.78 bits per heavy atom. The van der Waals surface area contributed by atoms with Crippen LogP contribution in [0.5, 0.6) is 0 Å². The largest absolute Gasteiger partial charge is 0.329 e.